The minimum absolute atomic E-state index is 0.0893. The van der Waals surface area contributed by atoms with E-state index in [0.717, 1.165) is 41.8 Å². The fourth-order valence-corrected chi connectivity index (χ4v) is 3.48. The Bertz CT molecular complexity index is 414. The molecule has 2 rings (SSSR count). The molecule has 2 nitrogen and oxygen atoms in total. The van der Waals surface area contributed by atoms with Crippen LogP contribution < -0.4 is 5.32 Å². The summed E-state index contributed by atoms with van der Waals surface area (Å²) in [5, 5.41) is 4.93. The molecule has 106 valence electrons. The van der Waals surface area contributed by atoms with Gasteiger partial charge in [-0.3, -0.25) is 4.90 Å². The molecule has 0 aliphatic carbocycles. The van der Waals surface area contributed by atoms with Gasteiger partial charge < -0.3 is 5.32 Å². The summed E-state index contributed by atoms with van der Waals surface area (Å²) in [7, 11) is 0. The predicted molar refractivity (Wildman–Crippen MR) is 83.1 cm³/mol. The fraction of sp³-hybridized carbons (Fsp3) is 0.600. The minimum Gasteiger partial charge on any atom is -0.314 e. The number of piperazine rings is 1. The number of nitrogens with zero attached hydrogens (tertiary/aromatic N) is 1. The van der Waals surface area contributed by atoms with Gasteiger partial charge in [-0.25, -0.2) is 0 Å². The van der Waals surface area contributed by atoms with Crippen LogP contribution in [-0.4, -0.2) is 31.1 Å². The maximum Gasteiger partial charge on any atom is 0.0469 e. The molecule has 0 amide bonds. The van der Waals surface area contributed by atoms with Crippen molar-refractivity contribution in [3.8, 4) is 0 Å². The van der Waals surface area contributed by atoms with Crippen molar-refractivity contribution in [3.63, 3.8) is 0 Å². The molecule has 1 saturated heterocycles. The van der Waals surface area contributed by atoms with Gasteiger partial charge in [-0.15, -0.1) is 0 Å². The molecule has 1 aliphatic rings. The second kappa shape index (κ2) is 6.01. The Morgan fingerprint density at radius 2 is 1.63 bits per heavy atom. The van der Waals surface area contributed by atoms with Crippen LogP contribution in [0.25, 0.3) is 0 Å². The third-order valence-electron chi connectivity index (χ3n) is 3.61. The molecule has 0 radical (unpaired) electrons. The molecule has 19 heavy (non-hydrogen) atoms. The van der Waals surface area contributed by atoms with Crippen LogP contribution in [0.1, 0.15) is 32.4 Å². The van der Waals surface area contributed by atoms with Gasteiger partial charge in [-0.05, 0) is 17.5 Å². The summed E-state index contributed by atoms with van der Waals surface area (Å²) in [5.74, 6) is 0. The number of halogens is 2. The zero-order valence-corrected chi connectivity index (χ0v) is 13.4. The van der Waals surface area contributed by atoms with Crippen LogP contribution in [-0.2, 0) is 0 Å². The highest BCUT2D eigenvalue weighted by molar-refractivity contribution is 6.36. The van der Waals surface area contributed by atoms with E-state index in [-0.39, 0.29) is 11.5 Å². The molecule has 4 heteroatoms. The van der Waals surface area contributed by atoms with Gasteiger partial charge in [0.15, 0.2) is 0 Å². The molecule has 0 unspecified atom stereocenters. The summed E-state index contributed by atoms with van der Waals surface area (Å²) >= 11 is 12.8. The van der Waals surface area contributed by atoms with E-state index in [9.17, 15) is 0 Å². The lowest BCUT2D eigenvalue weighted by molar-refractivity contribution is 0.0863. The zero-order valence-electron chi connectivity index (χ0n) is 11.8. The Morgan fingerprint density at radius 3 is 2.11 bits per heavy atom. The lowest BCUT2D eigenvalue weighted by Gasteiger charge is -2.43. The topological polar surface area (TPSA) is 15.3 Å². The van der Waals surface area contributed by atoms with Crippen LogP contribution in [0.4, 0.5) is 0 Å². The maximum absolute atomic E-state index is 6.42. The van der Waals surface area contributed by atoms with E-state index in [1.165, 1.54) is 0 Å². The SMILES string of the molecule is CC(C)(C)[C@H](c1c(Cl)cccc1Cl)N1CCNCC1. The summed E-state index contributed by atoms with van der Waals surface area (Å²) < 4.78 is 0. The van der Waals surface area contributed by atoms with Crippen LogP contribution in [0.3, 0.4) is 0 Å². The molecule has 0 bridgehead atoms. The maximum atomic E-state index is 6.42. The van der Waals surface area contributed by atoms with E-state index in [1.54, 1.807) is 0 Å². The largest absolute Gasteiger partial charge is 0.314 e. The molecular weight excluding hydrogens is 279 g/mol. The lowest BCUT2D eigenvalue weighted by atomic mass is 9.81. The second-order valence-electron chi connectivity index (χ2n) is 6.19. The van der Waals surface area contributed by atoms with Crippen molar-refractivity contribution >= 4 is 23.2 Å². The first-order valence-corrected chi connectivity index (χ1v) is 7.55. The molecule has 0 saturated carbocycles. The van der Waals surface area contributed by atoms with Crippen molar-refractivity contribution in [3.05, 3.63) is 33.8 Å². The third-order valence-corrected chi connectivity index (χ3v) is 4.27. The summed E-state index contributed by atoms with van der Waals surface area (Å²) in [6.45, 7) is 10.9. The number of nitrogens with one attached hydrogen (secondary N) is 1. The van der Waals surface area contributed by atoms with E-state index in [2.05, 4.69) is 31.0 Å². The second-order valence-corrected chi connectivity index (χ2v) is 7.00. The average Bonchev–Trinajstić information content (AvgIpc) is 2.33. The van der Waals surface area contributed by atoms with Gasteiger partial charge in [0.2, 0.25) is 0 Å². The molecule has 0 aromatic heterocycles. The van der Waals surface area contributed by atoms with E-state index < -0.39 is 0 Å². The van der Waals surface area contributed by atoms with E-state index in [1.807, 2.05) is 18.2 Å². The standard InChI is InChI=1S/C15H22Cl2N2/c1-15(2,3)14(19-9-7-18-8-10-19)13-11(16)5-4-6-12(13)17/h4-6,14,18H,7-10H2,1-3H3/t14-/m0/s1. The number of hydrogen-bond donors (Lipinski definition) is 1. The van der Waals surface area contributed by atoms with Crippen molar-refractivity contribution in [2.75, 3.05) is 26.2 Å². The quantitative estimate of drug-likeness (QED) is 0.888. The van der Waals surface area contributed by atoms with Crippen LogP contribution in [0.2, 0.25) is 10.0 Å². The Balaban J connectivity index is 2.43. The molecule has 1 aromatic rings. The van der Waals surface area contributed by atoms with Crippen LogP contribution in [0.5, 0.6) is 0 Å². The average molecular weight is 301 g/mol. The first-order chi connectivity index (χ1) is 8.91. The van der Waals surface area contributed by atoms with Gasteiger partial charge >= 0.3 is 0 Å². The summed E-state index contributed by atoms with van der Waals surface area (Å²) in [6.07, 6.45) is 0. The Morgan fingerprint density at radius 1 is 1.11 bits per heavy atom. The monoisotopic (exact) mass is 300 g/mol. The summed E-state index contributed by atoms with van der Waals surface area (Å²) in [6, 6.07) is 6.02. The fourth-order valence-electron chi connectivity index (χ4n) is 2.88. The van der Waals surface area contributed by atoms with Crippen molar-refractivity contribution < 1.29 is 0 Å². The minimum atomic E-state index is 0.0893. The van der Waals surface area contributed by atoms with Crippen molar-refractivity contribution in [2.24, 2.45) is 5.41 Å². The molecular formula is C15H22Cl2N2. The first kappa shape index (κ1) is 15.1. The smallest absolute Gasteiger partial charge is 0.0469 e. The molecule has 1 N–H and O–H groups in total. The predicted octanol–water partition coefficient (Wildman–Crippen LogP) is 3.99. The number of benzene rings is 1. The van der Waals surface area contributed by atoms with E-state index in [4.69, 9.17) is 23.2 Å². The molecule has 1 fully saturated rings. The molecule has 1 atom stereocenters. The van der Waals surface area contributed by atoms with Gasteiger partial charge in [0.25, 0.3) is 0 Å². The third kappa shape index (κ3) is 3.43. The lowest BCUT2D eigenvalue weighted by Crippen LogP contribution is -2.48. The van der Waals surface area contributed by atoms with Gasteiger partial charge in [0, 0.05) is 47.8 Å². The Hall–Kier alpha value is -0.280. The van der Waals surface area contributed by atoms with Crippen molar-refractivity contribution in [2.45, 2.75) is 26.8 Å². The van der Waals surface area contributed by atoms with Crippen molar-refractivity contribution in [1.82, 2.24) is 10.2 Å². The number of rotatable bonds is 2. The summed E-state index contributed by atoms with van der Waals surface area (Å²) in [5.41, 5.74) is 1.16. The van der Waals surface area contributed by atoms with Crippen LogP contribution in [0.15, 0.2) is 18.2 Å². The normalized spacial score (nSPS) is 19.4. The highest BCUT2D eigenvalue weighted by Crippen LogP contribution is 2.43. The van der Waals surface area contributed by atoms with E-state index >= 15 is 0 Å². The van der Waals surface area contributed by atoms with Crippen LogP contribution >= 0.6 is 23.2 Å². The highest BCUT2D eigenvalue weighted by atomic mass is 35.5. The molecule has 1 heterocycles. The molecule has 1 aromatic carbocycles. The van der Waals surface area contributed by atoms with Crippen LogP contribution in [0, 0.1) is 5.41 Å². The van der Waals surface area contributed by atoms with Crippen molar-refractivity contribution in [1.29, 1.82) is 0 Å². The molecule has 1 aliphatic heterocycles. The molecule has 0 spiro atoms. The van der Waals surface area contributed by atoms with Gasteiger partial charge in [-0.2, -0.15) is 0 Å². The van der Waals surface area contributed by atoms with Gasteiger partial charge in [0.1, 0.15) is 0 Å². The van der Waals surface area contributed by atoms with Gasteiger partial charge in [0.05, 0.1) is 0 Å². The summed E-state index contributed by atoms with van der Waals surface area (Å²) in [4.78, 5) is 2.49. The number of hydrogen-bond acceptors (Lipinski definition) is 2. The Kier molecular flexibility index (Phi) is 4.78. The zero-order chi connectivity index (χ0) is 14.0. The highest BCUT2D eigenvalue weighted by Gasteiger charge is 2.35. The Labute approximate surface area is 126 Å². The van der Waals surface area contributed by atoms with Gasteiger partial charge in [-0.1, -0.05) is 50.0 Å². The first-order valence-electron chi connectivity index (χ1n) is 6.80. The van der Waals surface area contributed by atoms with E-state index in [0.29, 0.717) is 0 Å².